The van der Waals surface area contributed by atoms with Gasteiger partial charge in [-0.2, -0.15) is 0 Å². The SMILES string of the molecule is Cc1ccc(C(=O)NC[C@H](C)c2nncn2C)cc1Br. The Morgan fingerprint density at radius 2 is 2.25 bits per heavy atom. The second-order valence-corrected chi connectivity index (χ2v) is 5.73. The standard InChI is InChI=1S/C14H17BrN4O/c1-9-4-5-11(6-12(9)15)14(20)16-7-10(2)13-18-17-8-19(13)3/h4-6,8,10H,7H2,1-3H3,(H,16,20)/t10-/m0/s1. The number of hydrogen-bond donors (Lipinski definition) is 1. The number of aryl methyl sites for hydroxylation is 2. The maximum Gasteiger partial charge on any atom is 0.251 e. The molecule has 0 saturated carbocycles. The van der Waals surface area contributed by atoms with E-state index in [2.05, 4.69) is 31.4 Å². The number of amides is 1. The molecule has 106 valence electrons. The highest BCUT2D eigenvalue weighted by atomic mass is 79.9. The molecule has 2 aromatic rings. The molecule has 0 saturated heterocycles. The molecule has 2 rings (SSSR count). The summed E-state index contributed by atoms with van der Waals surface area (Å²) in [7, 11) is 1.89. The molecule has 0 unspecified atom stereocenters. The van der Waals surface area contributed by atoms with E-state index in [1.807, 2.05) is 43.7 Å². The van der Waals surface area contributed by atoms with E-state index in [9.17, 15) is 4.79 Å². The molecule has 0 bridgehead atoms. The van der Waals surface area contributed by atoms with E-state index in [4.69, 9.17) is 0 Å². The number of nitrogens with zero attached hydrogens (tertiary/aromatic N) is 3. The van der Waals surface area contributed by atoms with Gasteiger partial charge in [-0.05, 0) is 24.6 Å². The van der Waals surface area contributed by atoms with E-state index in [1.54, 1.807) is 6.33 Å². The topological polar surface area (TPSA) is 59.8 Å². The molecular formula is C14H17BrN4O. The van der Waals surface area contributed by atoms with E-state index in [0.29, 0.717) is 12.1 Å². The number of halogens is 1. The summed E-state index contributed by atoms with van der Waals surface area (Å²) in [5, 5.41) is 10.8. The van der Waals surface area contributed by atoms with E-state index < -0.39 is 0 Å². The van der Waals surface area contributed by atoms with Crippen LogP contribution >= 0.6 is 15.9 Å². The lowest BCUT2D eigenvalue weighted by atomic mass is 10.1. The van der Waals surface area contributed by atoms with Gasteiger partial charge in [0, 0.05) is 29.5 Å². The summed E-state index contributed by atoms with van der Waals surface area (Å²) < 4.78 is 2.80. The fourth-order valence-corrected chi connectivity index (χ4v) is 2.29. The Labute approximate surface area is 126 Å². The maximum atomic E-state index is 12.1. The van der Waals surface area contributed by atoms with E-state index in [1.165, 1.54) is 0 Å². The molecule has 5 nitrogen and oxygen atoms in total. The van der Waals surface area contributed by atoms with E-state index in [0.717, 1.165) is 15.9 Å². The van der Waals surface area contributed by atoms with Gasteiger partial charge in [0.1, 0.15) is 12.2 Å². The average Bonchev–Trinajstić information content (AvgIpc) is 2.85. The molecule has 1 aromatic heterocycles. The van der Waals surface area contributed by atoms with Crippen LogP contribution in [0.2, 0.25) is 0 Å². The molecule has 0 spiro atoms. The van der Waals surface area contributed by atoms with Crippen molar-refractivity contribution in [3.63, 3.8) is 0 Å². The Hall–Kier alpha value is -1.69. The molecule has 0 aliphatic carbocycles. The largest absolute Gasteiger partial charge is 0.351 e. The minimum absolute atomic E-state index is 0.0836. The van der Waals surface area contributed by atoms with Gasteiger partial charge < -0.3 is 9.88 Å². The molecule has 0 radical (unpaired) electrons. The van der Waals surface area contributed by atoms with Gasteiger partial charge in [-0.1, -0.05) is 28.9 Å². The van der Waals surface area contributed by atoms with Crippen molar-refractivity contribution in [1.82, 2.24) is 20.1 Å². The predicted octanol–water partition coefficient (Wildman–Crippen LogP) is 2.42. The van der Waals surface area contributed by atoms with Crippen LogP contribution in [0, 0.1) is 6.92 Å². The first-order valence-corrected chi connectivity index (χ1v) is 7.16. The number of rotatable bonds is 4. The molecule has 6 heteroatoms. The lowest BCUT2D eigenvalue weighted by molar-refractivity contribution is 0.0951. The zero-order valence-corrected chi connectivity index (χ0v) is 13.3. The van der Waals surface area contributed by atoms with Crippen molar-refractivity contribution in [1.29, 1.82) is 0 Å². The van der Waals surface area contributed by atoms with Gasteiger partial charge in [0.05, 0.1) is 0 Å². The predicted molar refractivity (Wildman–Crippen MR) is 80.6 cm³/mol. The number of carbonyl (C=O) groups excluding carboxylic acids is 1. The number of aromatic nitrogens is 3. The molecule has 0 aliphatic heterocycles. The van der Waals surface area contributed by atoms with Crippen molar-refractivity contribution >= 4 is 21.8 Å². The maximum absolute atomic E-state index is 12.1. The Morgan fingerprint density at radius 1 is 1.50 bits per heavy atom. The summed E-state index contributed by atoms with van der Waals surface area (Å²) in [5.74, 6) is 0.885. The highest BCUT2D eigenvalue weighted by molar-refractivity contribution is 9.10. The van der Waals surface area contributed by atoms with Crippen LogP contribution in [0.25, 0.3) is 0 Å². The summed E-state index contributed by atoms with van der Waals surface area (Å²) in [6, 6.07) is 5.57. The molecule has 1 N–H and O–H groups in total. The zero-order valence-electron chi connectivity index (χ0n) is 11.7. The van der Waals surface area contributed by atoms with Gasteiger partial charge in [-0.25, -0.2) is 0 Å². The summed E-state index contributed by atoms with van der Waals surface area (Å²) in [6.45, 7) is 4.52. The first-order valence-electron chi connectivity index (χ1n) is 6.37. The summed E-state index contributed by atoms with van der Waals surface area (Å²) in [4.78, 5) is 12.1. The third-order valence-electron chi connectivity index (χ3n) is 3.19. The van der Waals surface area contributed by atoms with Gasteiger partial charge in [0.15, 0.2) is 0 Å². The third kappa shape index (κ3) is 3.25. The molecule has 0 aliphatic rings. The van der Waals surface area contributed by atoms with Crippen LogP contribution in [0.5, 0.6) is 0 Å². The Balaban J connectivity index is 1.98. The van der Waals surface area contributed by atoms with Crippen LogP contribution < -0.4 is 5.32 Å². The van der Waals surface area contributed by atoms with Gasteiger partial charge in [-0.15, -0.1) is 10.2 Å². The average molecular weight is 337 g/mol. The molecule has 1 heterocycles. The van der Waals surface area contributed by atoms with Gasteiger partial charge >= 0.3 is 0 Å². The Bertz CT molecular complexity index is 623. The van der Waals surface area contributed by atoms with Crippen molar-refractivity contribution in [3.8, 4) is 0 Å². The third-order valence-corrected chi connectivity index (χ3v) is 4.04. The van der Waals surface area contributed by atoms with E-state index >= 15 is 0 Å². The lowest BCUT2D eigenvalue weighted by Crippen LogP contribution is -2.28. The van der Waals surface area contributed by atoms with Crippen LogP contribution in [0.15, 0.2) is 29.0 Å². The van der Waals surface area contributed by atoms with Crippen molar-refractivity contribution in [2.75, 3.05) is 6.54 Å². The number of benzene rings is 1. The Kier molecular flexibility index (Phi) is 4.54. The molecule has 20 heavy (non-hydrogen) atoms. The first-order chi connectivity index (χ1) is 9.49. The fourth-order valence-electron chi connectivity index (χ4n) is 1.91. The Morgan fingerprint density at radius 3 is 2.85 bits per heavy atom. The minimum atomic E-state index is -0.0836. The fraction of sp³-hybridized carbons (Fsp3) is 0.357. The summed E-state index contributed by atoms with van der Waals surface area (Å²) >= 11 is 3.43. The summed E-state index contributed by atoms with van der Waals surface area (Å²) in [6.07, 6.45) is 1.66. The second-order valence-electron chi connectivity index (χ2n) is 4.88. The van der Waals surface area contributed by atoms with E-state index in [-0.39, 0.29) is 11.8 Å². The van der Waals surface area contributed by atoms with Gasteiger partial charge in [-0.3, -0.25) is 4.79 Å². The second kappa shape index (κ2) is 6.17. The van der Waals surface area contributed by atoms with Gasteiger partial charge in [0.2, 0.25) is 0 Å². The molecule has 1 amide bonds. The van der Waals surface area contributed by atoms with Crippen molar-refractivity contribution in [3.05, 3.63) is 46.0 Å². The van der Waals surface area contributed by atoms with Crippen LogP contribution in [-0.2, 0) is 7.05 Å². The van der Waals surface area contributed by atoms with Crippen molar-refractivity contribution < 1.29 is 4.79 Å². The normalized spacial score (nSPS) is 12.2. The quantitative estimate of drug-likeness (QED) is 0.932. The van der Waals surface area contributed by atoms with Crippen LogP contribution in [-0.4, -0.2) is 27.2 Å². The molecule has 1 aromatic carbocycles. The number of carbonyl (C=O) groups is 1. The van der Waals surface area contributed by atoms with Crippen LogP contribution in [0.1, 0.15) is 34.6 Å². The van der Waals surface area contributed by atoms with Crippen molar-refractivity contribution in [2.45, 2.75) is 19.8 Å². The van der Waals surface area contributed by atoms with Gasteiger partial charge in [0.25, 0.3) is 5.91 Å². The van der Waals surface area contributed by atoms with Crippen LogP contribution in [0.3, 0.4) is 0 Å². The minimum Gasteiger partial charge on any atom is -0.351 e. The molecular weight excluding hydrogens is 320 g/mol. The molecule has 1 atom stereocenters. The first kappa shape index (κ1) is 14.7. The highest BCUT2D eigenvalue weighted by Gasteiger charge is 2.13. The lowest BCUT2D eigenvalue weighted by Gasteiger charge is -2.12. The van der Waals surface area contributed by atoms with Crippen LogP contribution in [0.4, 0.5) is 0 Å². The number of hydrogen-bond acceptors (Lipinski definition) is 3. The molecule has 0 fully saturated rings. The summed E-state index contributed by atoms with van der Waals surface area (Å²) in [5.41, 5.74) is 1.75. The number of nitrogens with one attached hydrogen (secondary N) is 1. The van der Waals surface area contributed by atoms with Crippen molar-refractivity contribution in [2.24, 2.45) is 7.05 Å². The zero-order chi connectivity index (χ0) is 14.7. The monoisotopic (exact) mass is 336 g/mol. The highest BCUT2D eigenvalue weighted by Crippen LogP contribution is 2.17. The smallest absolute Gasteiger partial charge is 0.251 e.